The number of hydrogen-bond acceptors (Lipinski definition) is 3. The quantitative estimate of drug-likeness (QED) is 0.895. The Labute approximate surface area is 137 Å². The van der Waals surface area contributed by atoms with Gasteiger partial charge in [0.1, 0.15) is 5.60 Å². The molecule has 0 aliphatic heterocycles. The predicted octanol–water partition coefficient (Wildman–Crippen LogP) is 2.84. The molecular weight excluding hydrogens is 294 g/mol. The van der Waals surface area contributed by atoms with Gasteiger partial charge < -0.3 is 19.9 Å². The van der Waals surface area contributed by atoms with Crippen molar-refractivity contribution in [3.05, 3.63) is 23.5 Å². The van der Waals surface area contributed by atoms with Crippen molar-refractivity contribution in [1.29, 1.82) is 0 Å². The highest BCUT2D eigenvalue weighted by Gasteiger charge is 2.43. The molecule has 0 unspecified atom stereocenters. The molecule has 1 aromatic heterocycles. The molecule has 1 heterocycles. The number of carbonyl (C=O) groups excluding carboxylic acids is 2. The minimum atomic E-state index is -0.527. The van der Waals surface area contributed by atoms with Crippen molar-refractivity contribution in [3.63, 3.8) is 0 Å². The summed E-state index contributed by atoms with van der Waals surface area (Å²) in [6, 6.07) is 0. The summed E-state index contributed by atoms with van der Waals surface area (Å²) in [7, 11) is 1.81. The molecule has 0 radical (unpaired) electrons. The van der Waals surface area contributed by atoms with Gasteiger partial charge in [-0.05, 0) is 52.5 Å². The number of aromatic nitrogens is 1. The molecule has 2 N–H and O–H groups in total. The minimum Gasteiger partial charge on any atom is -0.444 e. The van der Waals surface area contributed by atoms with E-state index in [-0.39, 0.29) is 11.4 Å². The second-order valence-corrected chi connectivity index (χ2v) is 7.35. The van der Waals surface area contributed by atoms with Crippen LogP contribution in [0.1, 0.15) is 56.0 Å². The van der Waals surface area contributed by atoms with Crippen LogP contribution in [0.2, 0.25) is 0 Å². The van der Waals surface area contributed by atoms with Gasteiger partial charge in [-0.25, -0.2) is 4.79 Å². The highest BCUT2D eigenvalue weighted by Crippen LogP contribution is 2.37. The average molecular weight is 321 g/mol. The highest BCUT2D eigenvalue weighted by molar-refractivity contribution is 5.96. The van der Waals surface area contributed by atoms with Crippen LogP contribution < -0.4 is 5.32 Å². The van der Waals surface area contributed by atoms with Crippen LogP contribution in [0, 0.1) is 6.92 Å². The number of ether oxygens (including phenoxy) is 1. The Hall–Kier alpha value is -1.98. The Balaban J connectivity index is 2.01. The number of amides is 2. The van der Waals surface area contributed by atoms with Gasteiger partial charge in [0.2, 0.25) is 0 Å². The molecule has 1 aliphatic carbocycles. The molecular formula is C17H27N3O3. The molecule has 0 aromatic carbocycles. The van der Waals surface area contributed by atoms with Crippen LogP contribution in [0.3, 0.4) is 0 Å². The van der Waals surface area contributed by atoms with Gasteiger partial charge in [-0.1, -0.05) is 0 Å². The van der Waals surface area contributed by atoms with E-state index in [4.69, 9.17) is 4.74 Å². The zero-order valence-corrected chi connectivity index (χ0v) is 14.7. The number of hydrogen-bond donors (Lipinski definition) is 2. The van der Waals surface area contributed by atoms with Crippen molar-refractivity contribution in [2.24, 2.45) is 0 Å². The SMILES string of the molecule is Cc1c[nH]cc1C(=O)N(C)C1(CNC(=O)OC(C)(C)C)CCC1. The Morgan fingerprint density at radius 3 is 2.43 bits per heavy atom. The van der Waals surface area contributed by atoms with Crippen LogP contribution >= 0.6 is 0 Å². The second kappa shape index (κ2) is 6.26. The summed E-state index contributed by atoms with van der Waals surface area (Å²) in [6.45, 7) is 7.81. The summed E-state index contributed by atoms with van der Waals surface area (Å²) in [4.78, 5) is 29.3. The van der Waals surface area contributed by atoms with E-state index in [0.717, 1.165) is 24.8 Å². The van der Waals surface area contributed by atoms with Crippen LogP contribution in [-0.4, -0.2) is 46.6 Å². The van der Waals surface area contributed by atoms with Gasteiger partial charge in [-0.2, -0.15) is 0 Å². The number of alkyl carbamates (subject to hydrolysis) is 1. The largest absolute Gasteiger partial charge is 0.444 e. The first kappa shape index (κ1) is 17.4. The van der Waals surface area contributed by atoms with Crippen LogP contribution in [0.4, 0.5) is 4.79 Å². The topological polar surface area (TPSA) is 74.4 Å². The van der Waals surface area contributed by atoms with Gasteiger partial charge in [0.15, 0.2) is 0 Å². The van der Waals surface area contributed by atoms with Crippen molar-refractivity contribution in [1.82, 2.24) is 15.2 Å². The summed E-state index contributed by atoms with van der Waals surface area (Å²) >= 11 is 0. The zero-order valence-electron chi connectivity index (χ0n) is 14.7. The molecule has 1 aliphatic rings. The summed E-state index contributed by atoms with van der Waals surface area (Å²) in [5.74, 6) is -0.0190. The number of nitrogens with one attached hydrogen (secondary N) is 2. The highest BCUT2D eigenvalue weighted by atomic mass is 16.6. The Morgan fingerprint density at radius 2 is 2.00 bits per heavy atom. The molecule has 1 aromatic rings. The lowest BCUT2D eigenvalue weighted by atomic mass is 9.75. The molecule has 1 fully saturated rings. The fourth-order valence-corrected chi connectivity index (χ4v) is 2.83. The first-order valence-electron chi connectivity index (χ1n) is 8.03. The van der Waals surface area contributed by atoms with Crippen molar-refractivity contribution >= 4 is 12.0 Å². The maximum atomic E-state index is 12.7. The van der Waals surface area contributed by atoms with E-state index in [2.05, 4.69) is 10.3 Å². The predicted molar refractivity (Wildman–Crippen MR) is 88.4 cm³/mol. The van der Waals surface area contributed by atoms with Crippen LogP contribution in [0.5, 0.6) is 0 Å². The number of nitrogens with zero attached hydrogens (tertiary/aromatic N) is 1. The maximum absolute atomic E-state index is 12.7. The molecule has 2 amide bonds. The fraction of sp³-hybridized carbons (Fsp3) is 0.647. The fourth-order valence-electron chi connectivity index (χ4n) is 2.83. The van der Waals surface area contributed by atoms with Crippen molar-refractivity contribution in [2.75, 3.05) is 13.6 Å². The molecule has 128 valence electrons. The lowest BCUT2D eigenvalue weighted by molar-refractivity contribution is 0.0204. The smallest absolute Gasteiger partial charge is 0.407 e. The minimum absolute atomic E-state index is 0.0190. The zero-order chi connectivity index (χ0) is 17.3. The molecule has 0 bridgehead atoms. The van der Waals surface area contributed by atoms with E-state index in [0.29, 0.717) is 12.1 Å². The van der Waals surface area contributed by atoms with Crippen molar-refractivity contribution < 1.29 is 14.3 Å². The summed E-state index contributed by atoms with van der Waals surface area (Å²) in [5.41, 5.74) is 0.755. The molecule has 6 heteroatoms. The van der Waals surface area contributed by atoms with E-state index < -0.39 is 11.7 Å². The average Bonchev–Trinajstić information content (AvgIpc) is 2.80. The van der Waals surface area contributed by atoms with Gasteiger partial charge >= 0.3 is 6.09 Å². The number of carbonyl (C=O) groups is 2. The number of likely N-dealkylation sites (N-methyl/N-ethyl adjacent to an activating group) is 1. The number of aryl methyl sites for hydroxylation is 1. The Bertz CT molecular complexity index is 582. The first-order chi connectivity index (χ1) is 10.6. The second-order valence-electron chi connectivity index (χ2n) is 7.35. The van der Waals surface area contributed by atoms with Crippen LogP contribution in [-0.2, 0) is 4.74 Å². The molecule has 2 rings (SSSR count). The first-order valence-corrected chi connectivity index (χ1v) is 8.03. The molecule has 0 spiro atoms. The molecule has 0 atom stereocenters. The van der Waals surface area contributed by atoms with E-state index >= 15 is 0 Å². The van der Waals surface area contributed by atoms with E-state index in [1.54, 1.807) is 11.1 Å². The van der Waals surface area contributed by atoms with Crippen molar-refractivity contribution in [3.8, 4) is 0 Å². The van der Waals surface area contributed by atoms with Crippen LogP contribution in [0.25, 0.3) is 0 Å². The van der Waals surface area contributed by atoms with Gasteiger partial charge in [-0.3, -0.25) is 4.79 Å². The van der Waals surface area contributed by atoms with Gasteiger partial charge in [0.05, 0.1) is 11.1 Å². The number of rotatable bonds is 4. The van der Waals surface area contributed by atoms with Crippen LogP contribution in [0.15, 0.2) is 12.4 Å². The van der Waals surface area contributed by atoms with Gasteiger partial charge in [0, 0.05) is 26.0 Å². The van der Waals surface area contributed by atoms with E-state index in [1.807, 2.05) is 40.9 Å². The molecule has 1 saturated carbocycles. The summed E-state index contributed by atoms with van der Waals surface area (Å²) in [5, 5.41) is 2.81. The third-order valence-electron chi connectivity index (χ3n) is 4.44. The Morgan fingerprint density at radius 1 is 1.35 bits per heavy atom. The van der Waals surface area contributed by atoms with Gasteiger partial charge in [-0.15, -0.1) is 0 Å². The third kappa shape index (κ3) is 3.86. The number of H-pyrrole nitrogens is 1. The maximum Gasteiger partial charge on any atom is 0.407 e. The lowest BCUT2D eigenvalue weighted by Gasteiger charge is -2.48. The molecule has 23 heavy (non-hydrogen) atoms. The van der Waals surface area contributed by atoms with E-state index in [1.165, 1.54) is 0 Å². The Kier molecular flexibility index (Phi) is 4.73. The normalized spacial score (nSPS) is 16.4. The lowest BCUT2D eigenvalue weighted by Crippen LogP contribution is -2.60. The van der Waals surface area contributed by atoms with Crippen molar-refractivity contribution in [2.45, 2.75) is 58.1 Å². The van der Waals surface area contributed by atoms with E-state index in [9.17, 15) is 9.59 Å². The molecule has 0 saturated heterocycles. The summed E-state index contributed by atoms with van der Waals surface area (Å²) in [6.07, 6.45) is 5.92. The van der Waals surface area contributed by atoms with Gasteiger partial charge in [0.25, 0.3) is 5.91 Å². The molecule has 6 nitrogen and oxygen atoms in total. The standard InChI is InChI=1S/C17H27N3O3/c1-12-9-18-10-13(12)14(21)20(5)17(7-6-8-17)11-19-15(22)23-16(2,3)4/h9-10,18H,6-8,11H2,1-5H3,(H,19,22). The monoisotopic (exact) mass is 321 g/mol. The number of aromatic amines is 1. The summed E-state index contributed by atoms with van der Waals surface area (Å²) < 4.78 is 5.27. The third-order valence-corrected chi connectivity index (χ3v) is 4.44.